The maximum Gasteiger partial charge on any atom is 0.407 e. The lowest BCUT2D eigenvalue weighted by molar-refractivity contribution is -0.124. The summed E-state index contributed by atoms with van der Waals surface area (Å²) in [5.74, 6) is 2.04. The van der Waals surface area contributed by atoms with Crippen LogP contribution in [0.4, 0.5) is 4.79 Å². The van der Waals surface area contributed by atoms with Gasteiger partial charge in [0.15, 0.2) is 0 Å². The first-order chi connectivity index (χ1) is 13.5. The van der Waals surface area contributed by atoms with Gasteiger partial charge in [0, 0.05) is 12.6 Å². The normalized spacial score (nSPS) is 30.4. The topological polar surface area (TPSA) is 87.7 Å². The van der Waals surface area contributed by atoms with E-state index >= 15 is 0 Å². The Labute approximate surface area is 165 Å². The average molecular weight is 384 g/mol. The van der Waals surface area contributed by atoms with Crippen LogP contribution in [0.25, 0.3) is 6.08 Å². The molecule has 4 aliphatic rings. The standard InChI is InChI=1S/C22H28N2O4/c25-20(24-27)6-5-15-1-3-16(4-2-15)13-28-21(26)23-14-22-10-17-7-18(11-22)9-19(8-17)12-22/h1-6,17-19,27H,7-14H2,(H,23,26)(H,24,25). The Hall–Kier alpha value is -2.34. The third kappa shape index (κ3) is 4.38. The second-order valence-corrected chi connectivity index (χ2v) is 8.90. The van der Waals surface area contributed by atoms with Gasteiger partial charge in [-0.15, -0.1) is 0 Å². The van der Waals surface area contributed by atoms with Crippen molar-refractivity contribution in [3.63, 3.8) is 0 Å². The smallest absolute Gasteiger partial charge is 0.407 e. The molecule has 0 saturated heterocycles. The second-order valence-electron chi connectivity index (χ2n) is 8.90. The molecule has 6 nitrogen and oxygen atoms in total. The minimum Gasteiger partial charge on any atom is -0.445 e. The van der Waals surface area contributed by atoms with Gasteiger partial charge in [-0.1, -0.05) is 24.3 Å². The summed E-state index contributed by atoms with van der Waals surface area (Å²) in [4.78, 5) is 23.2. The molecule has 6 heteroatoms. The Kier molecular flexibility index (Phi) is 5.40. The van der Waals surface area contributed by atoms with Gasteiger partial charge in [-0.05, 0) is 78.9 Å². The molecule has 3 N–H and O–H groups in total. The molecule has 5 rings (SSSR count). The number of ether oxygens (including phenoxy) is 1. The van der Waals surface area contributed by atoms with E-state index in [0.29, 0.717) is 5.41 Å². The average Bonchev–Trinajstić information content (AvgIpc) is 2.68. The molecule has 0 radical (unpaired) electrons. The van der Waals surface area contributed by atoms with E-state index in [2.05, 4.69) is 5.32 Å². The molecule has 4 fully saturated rings. The first-order valence-electron chi connectivity index (χ1n) is 10.2. The number of nitrogens with one attached hydrogen (secondary N) is 2. The van der Waals surface area contributed by atoms with Crippen LogP contribution in [0.5, 0.6) is 0 Å². The van der Waals surface area contributed by atoms with Gasteiger partial charge in [-0.2, -0.15) is 0 Å². The Morgan fingerprint density at radius 2 is 1.68 bits per heavy atom. The highest BCUT2D eigenvalue weighted by molar-refractivity contribution is 5.90. The fourth-order valence-corrected chi connectivity index (χ4v) is 5.90. The quantitative estimate of drug-likeness (QED) is 0.397. The molecular weight excluding hydrogens is 356 g/mol. The van der Waals surface area contributed by atoms with Crippen LogP contribution in [-0.2, 0) is 16.1 Å². The van der Waals surface area contributed by atoms with Crippen molar-refractivity contribution in [2.24, 2.45) is 23.2 Å². The summed E-state index contributed by atoms with van der Waals surface area (Å²) < 4.78 is 5.38. The number of carbonyl (C=O) groups is 2. The van der Waals surface area contributed by atoms with E-state index in [9.17, 15) is 9.59 Å². The van der Waals surface area contributed by atoms with Crippen LogP contribution in [-0.4, -0.2) is 23.8 Å². The SMILES string of the molecule is O=C(C=Cc1ccc(COC(=O)NCC23CC4CC(CC(C4)C2)C3)cc1)NO. The van der Waals surface area contributed by atoms with Gasteiger partial charge < -0.3 is 10.1 Å². The highest BCUT2D eigenvalue weighted by Crippen LogP contribution is 2.59. The number of hydrogen-bond acceptors (Lipinski definition) is 4. The highest BCUT2D eigenvalue weighted by atomic mass is 16.5. The molecule has 1 aromatic carbocycles. The van der Waals surface area contributed by atoms with Crippen molar-refractivity contribution in [3.05, 3.63) is 41.5 Å². The van der Waals surface area contributed by atoms with Crippen LogP contribution in [0.3, 0.4) is 0 Å². The zero-order valence-electron chi connectivity index (χ0n) is 16.0. The van der Waals surface area contributed by atoms with Crippen LogP contribution in [0.2, 0.25) is 0 Å². The molecule has 4 aliphatic carbocycles. The summed E-state index contributed by atoms with van der Waals surface area (Å²) in [6.45, 7) is 0.958. The van der Waals surface area contributed by atoms with Crippen LogP contribution < -0.4 is 10.8 Å². The summed E-state index contributed by atoms with van der Waals surface area (Å²) in [6.07, 6.45) is 10.5. The maximum atomic E-state index is 12.2. The molecule has 0 spiro atoms. The van der Waals surface area contributed by atoms with Crippen LogP contribution in [0.15, 0.2) is 30.3 Å². The van der Waals surface area contributed by atoms with Crippen molar-refractivity contribution < 1.29 is 19.5 Å². The minimum absolute atomic E-state index is 0.216. The molecule has 2 amide bonds. The van der Waals surface area contributed by atoms with Crippen LogP contribution in [0.1, 0.15) is 49.7 Å². The summed E-state index contributed by atoms with van der Waals surface area (Å²) in [5, 5.41) is 11.5. The Bertz CT molecular complexity index is 721. The molecule has 1 aromatic rings. The van der Waals surface area contributed by atoms with Gasteiger partial charge >= 0.3 is 6.09 Å². The summed E-state index contributed by atoms with van der Waals surface area (Å²) >= 11 is 0. The van der Waals surface area contributed by atoms with Gasteiger partial charge in [-0.3, -0.25) is 10.0 Å². The lowest BCUT2D eigenvalue weighted by Gasteiger charge is -2.56. The number of hydrogen-bond donors (Lipinski definition) is 3. The van der Waals surface area contributed by atoms with Gasteiger partial charge in [0.1, 0.15) is 6.61 Å². The van der Waals surface area contributed by atoms with Crippen molar-refractivity contribution in [3.8, 4) is 0 Å². The Morgan fingerprint density at radius 3 is 2.25 bits per heavy atom. The number of hydroxylamine groups is 1. The first kappa shape index (κ1) is 19.0. The second kappa shape index (κ2) is 7.95. The molecule has 0 aliphatic heterocycles. The summed E-state index contributed by atoms with van der Waals surface area (Å²) in [5.41, 5.74) is 3.55. The van der Waals surface area contributed by atoms with E-state index in [0.717, 1.165) is 35.4 Å². The fraction of sp³-hybridized carbons (Fsp3) is 0.545. The number of carbonyl (C=O) groups excluding carboxylic acids is 2. The van der Waals surface area contributed by atoms with E-state index in [1.54, 1.807) is 11.6 Å². The minimum atomic E-state index is -0.580. The van der Waals surface area contributed by atoms with Gasteiger partial charge in [0.2, 0.25) is 0 Å². The lowest BCUT2D eigenvalue weighted by Crippen LogP contribution is -2.51. The molecule has 0 unspecified atom stereocenters. The van der Waals surface area contributed by atoms with E-state index in [1.165, 1.54) is 44.6 Å². The van der Waals surface area contributed by atoms with Gasteiger partial charge in [-0.25, -0.2) is 10.3 Å². The molecule has 0 heterocycles. The summed E-state index contributed by atoms with van der Waals surface area (Å²) in [7, 11) is 0. The van der Waals surface area contributed by atoms with E-state index in [-0.39, 0.29) is 12.7 Å². The lowest BCUT2D eigenvalue weighted by atomic mass is 9.49. The largest absolute Gasteiger partial charge is 0.445 e. The predicted molar refractivity (Wildman–Crippen MR) is 104 cm³/mol. The molecule has 150 valence electrons. The van der Waals surface area contributed by atoms with Crippen molar-refractivity contribution in [2.75, 3.05) is 6.54 Å². The molecule has 0 aromatic heterocycles. The van der Waals surface area contributed by atoms with Crippen LogP contribution >= 0.6 is 0 Å². The fourth-order valence-electron chi connectivity index (χ4n) is 5.90. The van der Waals surface area contributed by atoms with Crippen molar-refractivity contribution in [2.45, 2.75) is 45.1 Å². The number of rotatable bonds is 6. The number of alkyl carbamates (subject to hydrolysis) is 1. The van der Waals surface area contributed by atoms with Crippen molar-refractivity contribution >= 4 is 18.1 Å². The Morgan fingerprint density at radius 1 is 1.07 bits per heavy atom. The maximum absolute atomic E-state index is 12.2. The first-order valence-corrected chi connectivity index (χ1v) is 10.2. The molecule has 4 bridgehead atoms. The zero-order valence-corrected chi connectivity index (χ0v) is 16.0. The van der Waals surface area contributed by atoms with E-state index in [4.69, 9.17) is 9.94 Å². The number of amides is 2. The van der Waals surface area contributed by atoms with E-state index < -0.39 is 5.91 Å². The van der Waals surface area contributed by atoms with Crippen molar-refractivity contribution in [1.29, 1.82) is 0 Å². The Balaban J connectivity index is 1.23. The van der Waals surface area contributed by atoms with Crippen LogP contribution in [0, 0.1) is 23.2 Å². The van der Waals surface area contributed by atoms with Gasteiger partial charge in [0.25, 0.3) is 5.91 Å². The zero-order chi connectivity index (χ0) is 19.6. The third-order valence-corrected chi connectivity index (χ3v) is 6.66. The number of benzene rings is 1. The highest BCUT2D eigenvalue weighted by Gasteiger charge is 2.50. The summed E-state index contributed by atoms with van der Waals surface area (Å²) in [6, 6.07) is 7.35. The third-order valence-electron chi connectivity index (χ3n) is 6.66. The molecule has 4 saturated carbocycles. The monoisotopic (exact) mass is 384 g/mol. The van der Waals surface area contributed by atoms with Crippen molar-refractivity contribution in [1.82, 2.24) is 10.8 Å². The predicted octanol–water partition coefficient (Wildman–Crippen LogP) is 3.65. The van der Waals surface area contributed by atoms with Gasteiger partial charge in [0.05, 0.1) is 0 Å². The van der Waals surface area contributed by atoms with E-state index in [1.807, 2.05) is 24.3 Å². The molecule has 28 heavy (non-hydrogen) atoms. The molecular formula is C22H28N2O4. The molecule has 0 atom stereocenters.